The highest BCUT2D eigenvalue weighted by molar-refractivity contribution is 7.99. The van der Waals surface area contributed by atoms with E-state index in [1.54, 1.807) is 0 Å². The predicted molar refractivity (Wildman–Crippen MR) is 95.8 cm³/mol. The molecule has 0 saturated heterocycles. The van der Waals surface area contributed by atoms with Crippen molar-refractivity contribution in [3.63, 3.8) is 0 Å². The first-order valence-corrected chi connectivity index (χ1v) is 10.2. The van der Waals surface area contributed by atoms with Crippen LogP contribution in [0.2, 0.25) is 10.0 Å². The summed E-state index contributed by atoms with van der Waals surface area (Å²) in [6.45, 7) is 0. The van der Waals surface area contributed by atoms with E-state index in [2.05, 4.69) is 5.32 Å². The Kier molecular flexibility index (Phi) is 6.31. The van der Waals surface area contributed by atoms with Gasteiger partial charge in [0.15, 0.2) is 9.84 Å². The molecule has 134 valence electrons. The van der Waals surface area contributed by atoms with Gasteiger partial charge in [-0.1, -0.05) is 41.0 Å². The van der Waals surface area contributed by atoms with E-state index >= 15 is 0 Å². The van der Waals surface area contributed by atoms with Gasteiger partial charge in [0, 0.05) is 6.26 Å². The fraction of sp³-hybridized carbons (Fsp3) is 0.133. The molecule has 0 aliphatic carbocycles. The van der Waals surface area contributed by atoms with Crippen molar-refractivity contribution < 1.29 is 22.0 Å². The molecule has 10 heteroatoms. The Bertz CT molecular complexity index is 921. The van der Waals surface area contributed by atoms with E-state index in [4.69, 9.17) is 23.2 Å². The molecule has 0 fully saturated rings. The zero-order valence-corrected chi connectivity index (χ0v) is 15.7. The SMILES string of the molecule is CS(=O)(=O)c1ccc(Cl)c(C(=O)Nc2cccc(Cl)c2SC(F)F)c1. The topological polar surface area (TPSA) is 63.2 Å². The molecule has 0 radical (unpaired) electrons. The summed E-state index contributed by atoms with van der Waals surface area (Å²) in [6.07, 6.45) is 0.992. The number of carbonyl (C=O) groups excluding carboxylic acids is 1. The average Bonchev–Trinajstić information content (AvgIpc) is 2.49. The second-order valence-corrected chi connectivity index (χ2v) is 8.69. The van der Waals surface area contributed by atoms with Crippen LogP contribution in [0.4, 0.5) is 14.5 Å². The van der Waals surface area contributed by atoms with Crippen LogP contribution in [0, 0.1) is 0 Å². The first-order valence-electron chi connectivity index (χ1n) is 6.64. The third-order valence-corrected chi connectivity index (χ3v) is 5.75. The third kappa shape index (κ3) is 5.07. The number of amides is 1. The lowest BCUT2D eigenvalue weighted by Crippen LogP contribution is -2.14. The molecular weight excluding hydrogens is 415 g/mol. The maximum Gasteiger partial charge on any atom is 0.289 e. The lowest BCUT2D eigenvalue weighted by atomic mass is 10.2. The Labute approximate surface area is 157 Å². The van der Waals surface area contributed by atoms with Gasteiger partial charge in [0.1, 0.15) is 0 Å². The maximum atomic E-state index is 12.7. The molecule has 1 amide bonds. The van der Waals surface area contributed by atoms with Gasteiger partial charge in [-0.3, -0.25) is 4.79 Å². The minimum absolute atomic E-state index is 0.00269. The van der Waals surface area contributed by atoms with E-state index < -0.39 is 21.5 Å². The van der Waals surface area contributed by atoms with E-state index in [0.717, 1.165) is 12.3 Å². The second kappa shape index (κ2) is 7.90. The van der Waals surface area contributed by atoms with Crippen molar-refractivity contribution >= 4 is 56.4 Å². The molecule has 0 aliphatic rings. The van der Waals surface area contributed by atoms with Gasteiger partial charge in [0.25, 0.3) is 11.7 Å². The number of anilines is 1. The smallest absolute Gasteiger partial charge is 0.289 e. The monoisotopic (exact) mass is 425 g/mol. The number of rotatable bonds is 5. The molecule has 2 rings (SSSR count). The predicted octanol–water partition coefficient (Wildman–Crippen LogP) is 4.96. The molecule has 4 nitrogen and oxygen atoms in total. The van der Waals surface area contributed by atoms with E-state index in [9.17, 15) is 22.0 Å². The number of nitrogens with one attached hydrogen (secondary N) is 1. The average molecular weight is 426 g/mol. The summed E-state index contributed by atoms with van der Waals surface area (Å²) in [6, 6.07) is 7.98. The fourth-order valence-electron chi connectivity index (χ4n) is 1.91. The molecule has 1 N–H and O–H groups in total. The Morgan fingerprint density at radius 2 is 1.84 bits per heavy atom. The van der Waals surface area contributed by atoms with Crippen molar-refractivity contribution in [3.05, 3.63) is 52.0 Å². The Morgan fingerprint density at radius 1 is 1.16 bits per heavy atom. The number of hydrogen-bond donors (Lipinski definition) is 1. The van der Waals surface area contributed by atoms with Crippen molar-refractivity contribution in [2.24, 2.45) is 0 Å². The second-order valence-electron chi connectivity index (χ2n) is 4.86. The van der Waals surface area contributed by atoms with Crippen molar-refractivity contribution in [2.45, 2.75) is 15.5 Å². The molecule has 0 saturated carbocycles. The summed E-state index contributed by atoms with van der Waals surface area (Å²) in [4.78, 5) is 12.3. The molecule has 2 aromatic carbocycles. The van der Waals surface area contributed by atoms with E-state index in [-0.39, 0.29) is 42.8 Å². The van der Waals surface area contributed by atoms with E-state index in [1.165, 1.54) is 30.3 Å². The van der Waals surface area contributed by atoms with Crippen LogP contribution >= 0.6 is 35.0 Å². The normalized spacial score (nSPS) is 11.6. The van der Waals surface area contributed by atoms with Crippen LogP contribution in [-0.4, -0.2) is 26.3 Å². The summed E-state index contributed by atoms with van der Waals surface area (Å²) in [5.41, 5.74) is -0.0267. The summed E-state index contributed by atoms with van der Waals surface area (Å²) < 4.78 is 48.6. The van der Waals surface area contributed by atoms with Crippen LogP contribution in [0.1, 0.15) is 10.4 Å². The number of thioether (sulfide) groups is 1. The first kappa shape index (κ1) is 20.0. The number of sulfone groups is 1. The van der Waals surface area contributed by atoms with Gasteiger partial charge in [0.05, 0.1) is 31.1 Å². The molecule has 2 aromatic rings. The summed E-state index contributed by atoms with van der Waals surface area (Å²) >= 11 is 12.1. The standard InChI is InChI=1S/C15H11Cl2F2NO3S2/c1-25(22,23)8-5-6-10(16)9(7-8)14(21)20-12-4-2-3-11(17)13(12)24-15(18)19/h2-7,15H,1H3,(H,20,21). The lowest BCUT2D eigenvalue weighted by Gasteiger charge is -2.13. The minimum atomic E-state index is -3.54. The lowest BCUT2D eigenvalue weighted by molar-refractivity contribution is 0.102. The van der Waals surface area contributed by atoms with Gasteiger partial charge in [-0.25, -0.2) is 8.42 Å². The molecule has 0 spiro atoms. The summed E-state index contributed by atoms with van der Waals surface area (Å²) in [5, 5.41) is 2.51. The molecule has 0 unspecified atom stereocenters. The Balaban J connectivity index is 2.40. The van der Waals surface area contributed by atoms with Crippen LogP contribution in [0.3, 0.4) is 0 Å². The van der Waals surface area contributed by atoms with Gasteiger partial charge in [-0.2, -0.15) is 8.78 Å². The van der Waals surface area contributed by atoms with Crippen molar-refractivity contribution in [1.82, 2.24) is 0 Å². The largest absolute Gasteiger partial charge is 0.321 e. The molecule has 25 heavy (non-hydrogen) atoms. The van der Waals surface area contributed by atoms with Crippen LogP contribution in [0.25, 0.3) is 0 Å². The zero-order valence-electron chi connectivity index (χ0n) is 12.6. The minimum Gasteiger partial charge on any atom is -0.321 e. The third-order valence-electron chi connectivity index (χ3n) is 3.03. The van der Waals surface area contributed by atoms with Gasteiger partial charge in [-0.15, -0.1) is 0 Å². The maximum absolute atomic E-state index is 12.7. The number of carbonyl (C=O) groups is 1. The molecule has 0 aliphatic heterocycles. The van der Waals surface area contributed by atoms with Crippen LogP contribution in [0.15, 0.2) is 46.2 Å². The molecule has 0 bridgehead atoms. The van der Waals surface area contributed by atoms with Crippen LogP contribution < -0.4 is 5.32 Å². The fourth-order valence-corrected chi connectivity index (χ4v) is 3.68. The molecule has 0 atom stereocenters. The van der Waals surface area contributed by atoms with Crippen LogP contribution in [0.5, 0.6) is 0 Å². The number of halogens is 4. The Hall–Kier alpha value is -1.35. The van der Waals surface area contributed by atoms with Crippen molar-refractivity contribution in [1.29, 1.82) is 0 Å². The van der Waals surface area contributed by atoms with Crippen LogP contribution in [-0.2, 0) is 9.84 Å². The van der Waals surface area contributed by atoms with Crippen molar-refractivity contribution in [2.75, 3.05) is 11.6 Å². The summed E-state index contributed by atoms with van der Waals surface area (Å²) in [5.74, 6) is -3.47. The van der Waals surface area contributed by atoms with Gasteiger partial charge < -0.3 is 5.32 Å². The van der Waals surface area contributed by atoms with Gasteiger partial charge >= 0.3 is 0 Å². The van der Waals surface area contributed by atoms with E-state index in [0.29, 0.717) is 0 Å². The molecule has 0 aromatic heterocycles. The molecular formula is C15H11Cl2F2NO3S2. The summed E-state index contributed by atoms with van der Waals surface area (Å²) in [7, 11) is -3.54. The number of benzene rings is 2. The first-order chi connectivity index (χ1) is 11.6. The van der Waals surface area contributed by atoms with Gasteiger partial charge in [0.2, 0.25) is 0 Å². The van der Waals surface area contributed by atoms with Gasteiger partial charge in [-0.05, 0) is 30.3 Å². The molecule has 0 heterocycles. The quantitative estimate of drug-likeness (QED) is 0.687. The zero-order chi connectivity index (χ0) is 18.8. The number of hydrogen-bond acceptors (Lipinski definition) is 4. The van der Waals surface area contributed by atoms with E-state index in [1.807, 2.05) is 0 Å². The highest BCUT2D eigenvalue weighted by Crippen LogP contribution is 2.38. The highest BCUT2D eigenvalue weighted by Gasteiger charge is 2.19. The Morgan fingerprint density at radius 3 is 2.44 bits per heavy atom. The van der Waals surface area contributed by atoms with Crippen molar-refractivity contribution in [3.8, 4) is 0 Å². The number of alkyl halides is 2. The highest BCUT2D eigenvalue weighted by atomic mass is 35.5.